The maximum absolute atomic E-state index is 12.3. The predicted octanol–water partition coefficient (Wildman–Crippen LogP) is 3.50. The summed E-state index contributed by atoms with van der Waals surface area (Å²) in [5, 5.41) is 1.08. The van der Waals surface area contributed by atoms with Crippen molar-refractivity contribution >= 4 is 16.7 Å². The Morgan fingerprint density at radius 1 is 1.11 bits per heavy atom. The topological polar surface area (TPSA) is 77.6 Å². The van der Waals surface area contributed by atoms with Gasteiger partial charge in [-0.1, -0.05) is 24.3 Å². The van der Waals surface area contributed by atoms with E-state index in [9.17, 15) is 18.4 Å². The van der Waals surface area contributed by atoms with Crippen LogP contribution in [0.3, 0.4) is 0 Å². The number of carbonyl (C=O) groups is 1. The quantitative estimate of drug-likeness (QED) is 0.668. The summed E-state index contributed by atoms with van der Waals surface area (Å²) in [5.41, 5.74) is 0.128. The smallest absolute Gasteiger partial charge is 0.387 e. The number of aromatic amines is 1. The summed E-state index contributed by atoms with van der Waals surface area (Å²) in [6.07, 6.45) is 0. The SMILES string of the molecule is COc1cc(COC(=O)c2cc3ccccc3c(=O)[nH]2)ccc1OC(F)F. The third-order valence-corrected chi connectivity index (χ3v) is 3.79. The summed E-state index contributed by atoms with van der Waals surface area (Å²) in [6, 6.07) is 12.6. The molecule has 1 aromatic heterocycles. The van der Waals surface area contributed by atoms with Crippen LogP contribution in [0.5, 0.6) is 11.5 Å². The molecule has 0 unspecified atom stereocenters. The Morgan fingerprint density at radius 2 is 1.89 bits per heavy atom. The summed E-state index contributed by atoms with van der Waals surface area (Å²) in [4.78, 5) is 26.7. The van der Waals surface area contributed by atoms with E-state index in [1.165, 1.54) is 31.4 Å². The summed E-state index contributed by atoms with van der Waals surface area (Å²) in [5.74, 6) is -0.755. The summed E-state index contributed by atoms with van der Waals surface area (Å²) in [6.45, 7) is -3.12. The zero-order chi connectivity index (χ0) is 19.4. The molecule has 0 aliphatic rings. The molecular weight excluding hydrogens is 360 g/mol. The first kappa shape index (κ1) is 18.4. The van der Waals surface area contributed by atoms with Crippen molar-refractivity contribution in [2.75, 3.05) is 7.11 Å². The highest BCUT2D eigenvalue weighted by Crippen LogP contribution is 2.29. The molecule has 0 aliphatic heterocycles. The molecule has 1 heterocycles. The number of carbonyl (C=O) groups excluding carboxylic acids is 1. The van der Waals surface area contributed by atoms with E-state index in [-0.39, 0.29) is 23.8 Å². The average molecular weight is 375 g/mol. The Hall–Kier alpha value is -3.42. The van der Waals surface area contributed by atoms with Gasteiger partial charge < -0.3 is 19.2 Å². The standard InChI is InChI=1S/C19H15F2NO5/c1-25-16-8-11(6-7-15(16)27-19(20)21)10-26-18(24)14-9-12-4-2-3-5-13(12)17(23)22-14/h2-9,19H,10H2,1H3,(H,22,23). The number of rotatable bonds is 6. The van der Waals surface area contributed by atoms with Crippen molar-refractivity contribution in [1.29, 1.82) is 0 Å². The molecule has 0 spiro atoms. The number of fused-ring (bicyclic) bond motifs is 1. The Balaban J connectivity index is 1.75. The van der Waals surface area contributed by atoms with Crippen LogP contribution >= 0.6 is 0 Å². The second-order valence-corrected chi connectivity index (χ2v) is 5.54. The summed E-state index contributed by atoms with van der Waals surface area (Å²) >= 11 is 0. The molecule has 0 amide bonds. The fourth-order valence-corrected chi connectivity index (χ4v) is 2.54. The Kier molecular flexibility index (Phi) is 5.35. The molecule has 0 atom stereocenters. The number of H-pyrrole nitrogens is 1. The van der Waals surface area contributed by atoms with Gasteiger partial charge in [0, 0.05) is 5.39 Å². The molecule has 140 valence electrons. The van der Waals surface area contributed by atoms with Crippen molar-refractivity contribution in [3.63, 3.8) is 0 Å². The number of pyridine rings is 1. The predicted molar refractivity (Wildman–Crippen MR) is 93.3 cm³/mol. The zero-order valence-corrected chi connectivity index (χ0v) is 14.2. The van der Waals surface area contributed by atoms with Crippen LogP contribution in [-0.2, 0) is 11.3 Å². The molecule has 0 fully saturated rings. The molecule has 0 aliphatic carbocycles. The van der Waals surface area contributed by atoms with Gasteiger partial charge in [0.15, 0.2) is 11.5 Å². The molecule has 3 rings (SSSR count). The highest BCUT2D eigenvalue weighted by atomic mass is 19.3. The molecule has 0 saturated heterocycles. The van der Waals surface area contributed by atoms with Crippen molar-refractivity contribution in [3.8, 4) is 11.5 Å². The molecule has 2 aromatic carbocycles. The number of esters is 1. The van der Waals surface area contributed by atoms with E-state index in [0.717, 1.165) is 0 Å². The normalized spacial score (nSPS) is 10.8. The molecule has 3 aromatic rings. The minimum atomic E-state index is -2.98. The number of halogens is 2. The average Bonchev–Trinajstić information content (AvgIpc) is 2.66. The van der Waals surface area contributed by atoms with Crippen molar-refractivity contribution < 1.29 is 27.8 Å². The van der Waals surface area contributed by atoms with Gasteiger partial charge in [-0.3, -0.25) is 4.79 Å². The lowest BCUT2D eigenvalue weighted by atomic mass is 10.1. The van der Waals surface area contributed by atoms with Gasteiger partial charge in [-0.05, 0) is 35.2 Å². The fraction of sp³-hybridized carbons (Fsp3) is 0.158. The number of benzene rings is 2. The highest BCUT2D eigenvalue weighted by Gasteiger charge is 2.14. The van der Waals surface area contributed by atoms with Gasteiger partial charge in [0.05, 0.1) is 7.11 Å². The van der Waals surface area contributed by atoms with Crippen molar-refractivity contribution in [1.82, 2.24) is 4.98 Å². The van der Waals surface area contributed by atoms with Gasteiger partial charge in [0.2, 0.25) is 0 Å². The van der Waals surface area contributed by atoms with E-state index in [1.807, 2.05) is 0 Å². The van der Waals surface area contributed by atoms with Gasteiger partial charge >= 0.3 is 12.6 Å². The molecule has 0 bridgehead atoms. The second kappa shape index (κ2) is 7.86. The monoisotopic (exact) mass is 375 g/mol. The van der Waals surface area contributed by atoms with E-state index in [2.05, 4.69) is 9.72 Å². The van der Waals surface area contributed by atoms with Crippen LogP contribution in [0, 0.1) is 0 Å². The van der Waals surface area contributed by atoms with E-state index in [0.29, 0.717) is 16.3 Å². The molecule has 6 nitrogen and oxygen atoms in total. The molecule has 0 radical (unpaired) electrons. The Bertz CT molecular complexity index is 1030. The third kappa shape index (κ3) is 4.22. The summed E-state index contributed by atoms with van der Waals surface area (Å²) in [7, 11) is 1.31. The largest absolute Gasteiger partial charge is 0.493 e. The lowest BCUT2D eigenvalue weighted by Crippen LogP contribution is -2.15. The van der Waals surface area contributed by atoms with Crippen molar-refractivity contribution in [2.45, 2.75) is 13.2 Å². The van der Waals surface area contributed by atoms with Crippen LogP contribution in [0.25, 0.3) is 10.8 Å². The van der Waals surface area contributed by atoms with E-state index < -0.39 is 18.1 Å². The number of hydrogen-bond donors (Lipinski definition) is 1. The Morgan fingerprint density at radius 3 is 2.63 bits per heavy atom. The van der Waals surface area contributed by atoms with Crippen LogP contribution in [0.1, 0.15) is 16.1 Å². The highest BCUT2D eigenvalue weighted by molar-refractivity contribution is 5.92. The molecule has 1 N–H and O–H groups in total. The number of methoxy groups -OCH3 is 1. The second-order valence-electron chi connectivity index (χ2n) is 5.54. The van der Waals surface area contributed by atoms with Gasteiger partial charge in [-0.25, -0.2) is 4.79 Å². The Labute approximate surface area is 152 Å². The number of hydrogen-bond acceptors (Lipinski definition) is 5. The van der Waals surface area contributed by atoms with E-state index in [4.69, 9.17) is 9.47 Å². The molecular formula is C19H15F2NO5. The van der Waals surface area contributed by atoms with Crippen LogP contribution in [0.15, 0.2) is 53.3 Å². The van der Waals surface area contributed by atoms with Crippen LogP contribution in [0.4, 0.5) is 8.78 Å². The number of nitrogens with one attached hydrogen (secondary N) is 1. The van der Waals surface area contributed by atoms with Gasteiger partial charge in [0.1, 0.15) is 12.3 Å². The van der Waals surface area contributed by atoms with Crippen LogP contribution < -0.4 is 15.0 Å². The van der Waals surface area contributed by atoms with Crippen LogP contribution in [0.2, 0.25) is 0 Å². The first-order chi connectivity index (χ1) is 13.0. The lowest BCUT2D eigenvalue weighted by molar-refractivity contribution is -0.0512. The molecule has 8 heteroatoms. The minimum absolute atomic E-state index is 0.0170. The van der Waals surface area contributed by atoms with E-state index in [1.54, 1.807) is 24.3 Å². The molecule has 27 heavy (non-hydrogen) atoms. The van der Waals surface area contributed by atoms with E-state index >= 15 is 0 Å². The van der Waals surface area contributed by atoms with Crippen LogP contribution in [-0.4, -0.2) is 24.7 Å². The van der Waals surface area contributed by atoms with Gasteiger partial charge in [-0.2, -0.15) is 8.78 Å². The number of aromatic nitrogens is 1. The van der Waals surface area contributed by atoms with Crippen molar-refractivity contribution in [3.05, 3.63) is 70.1 Å². The van der Waals surface area contributed by atoms with Crippen molar-refractivity contribution in [2.24, 2.45) is 0 Å². The first-order valence-electron chi connectivity index (χ1n) is 7.89. The lowest BCUT2D eigenvalue weighted by Gasteiger charge is -2.11. The third-order valence-electron chi connectivity index (χ3n) is 3.79. The molecule has 0 saturated carbocycles. The maximum atomic E-state index is 12.3. The first-order valence-corrected chi connectivity index (χ1v) is 7.89. The zero-order valence-electron chi connectivity index (χ0n) is 14.2. The van der Waals surface area contributed by atoms with Gasteiger partial charge in [0.25, 0.3) is 5.56 Å². The number of ether oxygens (including phenoxy) is 3. The minimum Gasteiger partial charge on any atom is -0.493 e. The summed E-state index contributed by atoms with van der Waals surface area (Å²) < 4.78 is 39.2. The van der Waals surface area contributed by atoms with Gasteiger partial charge in [-0.15, -0.1) is 0 Å². The fourth-order valence-electron chi connectivity index (χ4n) is 2.54. The number of alkyl halides is 2. The maximum Gasteiger partial charge on any atom is 0.387 e.